The molecule has 2 aromatic carbocycles. The van der Waals surface area contributed by atoms with Gasteiger partial charge in [0.05, 0.1) is 11.8 Å². The number of carbonyl (C=O) groups is 4. The highest BCUT2D eigenvalue weighted by Gasteiger charge is 2.38. The minimum Gasteiger partial charge on any atom is -0.479 e. The second-order valence-electron chi connectivity index (χ2n) is 15.8. The Morgan fingerprint density at radius 2 is 1.00 bits per heavy atom. The zero-order valence-electron chi connectivity index (χ0n) is 34.4. The first-order valence-electron chi connectivity index (χ1n) is 20.4. The van der Waals surface area contributed by atoms with Crippen LogP contribution in [0.1, 0.15) is 22.3 Å². The summed E-state index contributed by atoms with van der Waals surface area (Å²) >= 11 is 0. The van der Waals surface area contributed by atoms with Gasteiger partial charge in [0.25, 0.3) is 0 Å². The highest BCUT2D eigenvalue weighted by Crippen LogP contribution is 2.42. The second kappa shape index (κ2) is 20.1. The monoisotopic (exact) mass is 868 g/mol. The van der Waals surface area contributed by atoms with Crippen molar-refractivity contribution in [2.24, 2.45) is 11.8 Å². The number of carbonyl (C=O) groups excluding carboxylic acids is 2. The van der Waals surface area contributed by atoms with E-state index in [0.29, 0.717) is 13.1 Å². The molecule has 0 radical (unpaired) electrons. The lowest BCUT2D eigenvalue weighted by Gasteiger charge is -2.40. The molecule has 4 aromatic rings. The number of alkyl halides is 4. The zero-order valence-corrected chi connectivity index (χ0v) is 34.4. The van der Waals surface area contributed by atoms with Crippen molar-refractivity contribution in [2.45, 2.75) is 37.1 Å². The summed E-state index contributed by atoms with van der Waals surface area (Å²) in [5.41, 5.74) is 9.40. The summed E-state index contributed by atoms with van der Waals surface area (Å²) in [5.74, 6) is -4.67. The lowest BCUT2D eigenvalue weighted by molar-refractivity contribution is -0.165. The molecule has 18 heteroatoms. The summed E-state index contributed by atoms with van der Waals surface area (Å²) in [7, 11) is 4.04. The van der Waals surface area contributed by atoms with Gasteiger partial charge in [0.15, 0.2) is 12.2 Å². The van der Waals surface area contributed by atoms with Gasteiger partial charge in [-0.05, 0) is 72.5 Å². The van der Waals surface area contributed by atoms with Gasteiger partial charge >= 0.3 is 11.9 Å². The van der Waals surface area contributed by atoms with Crippen LogP contribution in [0.2, 0.25) is 0 Å². The number of aliphatic carboxylic acids is 2. The van der Waals surface area contributed by atoms with E-state index in [0.717, 1.165) is 46.1 Å². The number of rotatable bonds is 13. The van der Waals surface area contributed by atoms with Gasteiger partial charge in [-0.3, -0.25) is 19.4 Å². The maximum atomic E-state index is 12.9. The first-order valence-corrected chi connectivity index (χ1v) is 20.4. The van der Waals surface area contributed by atoms with Crippen LogP contribution < -0.4 is 0 Å². The molecule has 0 bridgehead atoms. The number of nitrogens with zero attached hydrogens (tertiary/aromatic N) is 4. The molecule has 2 aliphatic carbocycles. The molecule has 0 saturated carbocycles. The average Bonchev–Trinajstić information content (AvgIpc) is 3.89. The molecule has 4 aliphatic rings. The molecule has 0 spiro atoms. The number of aliphatic hydroxyl groups is 2. The number of aromatic nitrogens is 2. The largest absolute Gasteiger partial charge is 0.479 e. The summed E-state index contributed by atoms with van der Waals surface area (Å²) in [6, 6.07) is 12.8. The Labute approximate surface area is 355 Å². The van der Waals surface area contributed by atoms with Crippen LogP contribution in [-0.2, 0) is 32.0 Å². The van der Waals surface area contributed by atoms with Crippen LogP contribution in [0.15, 0.2) is 60.9 Å². The number of carboxylic acid groups (broad SMARTS) is 2. The number of benzene rings is 2. The number of hydrogen-bond donors (Lipinski definition) is 6. The fourth-order valence-corrected chi connectivity index (χ4v) is 9.02. The Kier molecular flexibility index (Phi) is 14.9. The van der Waals surface area contributed by atoms with Crippen molar-refractivity contribution in [1.82, 2.24) is 29.6 Å². The van der Waals surface area contributed by atoms with Gasteiger partial charge in [0.2, 0.25) is 11.8 Å². The van der Waals surface area contributed by atoms with E-state index in [2.05, 4.69) is 56.4 Å². The third-order valence-electron chi connectivity index (χ3n) is 12.0. The molecule has 6 atom stereocenters. The lowest BCUT2D eigenvalue weighted by atomic mass is 9.79. The third kappa shape index (κ3) is 9.42. The van der Waals surface area contributed by atoms with Crippen molar-refractivity contribution < 1.29 is 57.2 Å². The summed E-state index contributed by atoms with van der Waals surface area (Å²) in [6.07, 6.45) is 5.47. The molecule has 6 N–H and O–H groups in total. The van der Waals surface area contributed by atoms with E-state index in [1.165, 1.54) is 31.7 Å². The molecule has 0 saturated heterocycles. The van der Waals surface area contributed by atoms with Gasteiger partial charge in [0, 0.05) is 85.6 Å². The van der Waals surface area contributed by atoms with Gasteiger partial charge in [-0.15, -0.1) is 0 Å². The van der Waals surface area contributed by atoms with Crippen molar-refractivity contribution in [3.05, 3.63) is 83.2 Å². The molecule has 2 amide bonds. The number of halogens is 4. The quantitative estimate of drug-likeness (QED) is 0.108. The summed E-state index contributed by atoms with van der Waals surface area (Å²) in [5, 5.41) is 35.0. The topological polar surface area (TPSA) is 194 Å². The van der Waals surface area contributed by atoms with Crippen molar-refractivity contribution in [2.75, 3.05) is 80.1 Å². The highest BCUT2D eigenvalue weighted by atomic mass is 19.1. The Hall–Kier alpha value is -5.56. The predicted molar refractivity (Wildman–Crippen MR) is 224 cm³/mol. The van der Waals surface area contributed by atoms with Crippen LogP contribution >= 0.6 is 0 Å². The van der Waals surface area contributed by atoms with E-state index < -0.39 is 50.8 Å². The molecular formula is C44H52F4N6O8. The van der Waals surface area contributed by atoms with Crippen LogP contribution in [0.25, 0.3) is 33.0 Å². The van der Waals surface area contributed by atoms with Crippen molar-refractivity contribution in [1.29, 1.82) is 0 Å². The number of hydrogen-bond acceptors (Lipinski definition) is 8. The Morgan fingerprint density at radius 1 is 0.645 bits per heavy atom. The third-order valence-corrected chi connectivity index (χ3v) is 12.0. The standard InChI is InChI=1S/2C20H23F2N3O.C4H6O6/c2*1-24-12-14(20(26)25(7-5-21)8-6-22)9-16-15-3-2-4-17-19(15)13(11-23-17)10-18(16)24;5-1(3(7)8)2(6)4(9)10/h2*2-4,9,11,14,18,23H,5-8,10,12H2,1H3;1-2,5-6H,(H,7,8)(H,9,10)/t2*14-,18-;/m11./s1. The van der Waals surface area contributed by atoms with E-state index in [-0.39, 0.29) is 61.9 Å². The smallest absolute Gasteiger partial charge is 0.335 e. The van der Waals surface area contributed by atoms with Crippen LogP contribution in [0.4, 0.5) is 17.6 Å². The number of aliphatic hydroxyl groups excluding tert-OH is 2. The van der Waals surface area contributed by atoms with E-state index in [1.807, 2.05) is 38.4 Å². The van der Waals surface area contributed by atoms with Gasteiger partial charge in [0.1, 0.15) is 26.7 Å². The lowest BCUT2D eigenvalue weighted by Crippen LogP contribution is -2.48. The molecular weight excluding hydrogens is 817 g/mol. The highest BCUT2D eigenvalue weighted by molar-refractivity contribution is 6.00. The molecule has 334 valence electrons. The summed E-state index contributed by atoms with van der Waals surface area (Å²) in [4.78, 5) is 58.9. The van der Waals surface area contributed by atoms with Crippen LogP contribution in [0.3, 0.4) is 0 Å². The number of H-pyrrole nitrogens is 2. The van der Waals surface area contributed by atoms with Crippen LogP contribution in [0, 0.1) is 11.8 Å². The molecule has 2 aliphatic heterocycles. The van der Waals surface area contributed by atoms with E-state index >= 15 is 0 Å². The Morgan fingerprint density at radius 3 is 1.32 bits per heavy atom. The minimum absolute atomic E-state index is 0.0485. The summed E-state index contributed by atoms with van der Waals surface area (Å²) in [6.45, 7) is -1.67. The van der Waals surface area contributed by atoms with Gasteiger partial charge < -0.3 is 40.2 Å². The first-order chi connectivity index (χ1) is 29.7. The number of aromatic amines is 2. The fraction of sp³-hybridized carbons (Fsp3) is 0.455. The summed E-state index contributed by atoms with van der Waals surface area (Å²) < 4.78 is 51.1. The molecule has 2 aromatic heterocycles. The average molecular weight is 869 g/mol. The maximum absolute atomic E-state index is 12.9. The molecule has 2 unspecified atom stereocenters. The van der Waals surface area contributed by atoms with Crippen LogP contribution in [-0.4, -0.2) is 178 Å². The fourth-order valence-electron chi connectivity index (χ4n) is 9.02. The molecule has 14 nitrogen and oxygen atoms in total. The van der Waals surface area contributed by atoms with Gasteiger partial charge in [-0.25, -0.2) is 27.2 Å². The van der Waals surface area contributed by atoms with Crippen molar-refractivity contribution in [3.63, 3.8) is 0 Å². The normalized spacial score (nSPS) is 21.2. The van der Waals surface area contributed by atoms with Crippen molar-refractivity contribution in [3.8, 4) is 0 Å². The SMILES string of the molecule is CN1C[C@H](C(=O)N(CCF)CCF)C=C2c3cccc4[nH]cc(c34)C[C@H]21.CN1C[C@H](C(=O)N(CCF)CCF)C=C2c3cccc4[nH]cc(c34)C[C@H]21.O=C(O)C(O)C(O)C(=O)O. The number of nitrogens with one attached hydrogen (secondary N) is 2. The first kappa shape index (κ1) is 46.0. The zero-order chi connectivity index (χ0) is 44.8. The maximum Gasteiger partial charge on any atom is 0.335 e. The molecule has 62 heavy (non-hydrogen) atoms. The number of amides is 2. The predicted octanol–water partition coefficient (Wildman–Crippen LogP) is 3.49. The number of fused-ring (bicyclic) bond motifs is 4. The molecule has 0 fully saturated rings. The van der Waals surface area contributed by atoms with E-state index in [1.54, 1.807) is 0 Å². The Bertz CT molecular complexity index is 2160. The number of likely N-dealkylation sites (N-methyl/N-ethyl adjacent to an activating group) is 2. The van der Waals surface area contributed by atoms with Gasteiger partial charge in [-0.1, -0.05) is 36.4 Å². The van der Waals surface area contributed by atoms with E-state index in [9.17, 15) is 36.7 Å². The second-order valence-corrected chi connectivity index (χ2v) is 15.8. The Balaban J connectivity index is 0.000000171. The molecule has 4 heterocycles. The minimum atomic E-state index is -2.27. The molecule has 8 rings (SSSR count). The number of carboxylic acids is 2. The van der Waals surface area contributed by atoms with Gasteiger partial charge in [-0.2, -0.15) is 0 Å². The van der Waals surface area contributed by atoms with Crippen molar-refractivity contribution >= 4 is 56.7 Å². The van der Waals surface area contributed by atoms with Crippen LogP contribution in [0.5, 0.6) is 0 Å². The van der Waals surface area contributed by atoms with E-state index in [4.69, 9.17) is 20.4 Å².